The molecule has 560 valence electrons. The number of hydrogen-bond acceptors (Lipinski definition) is 8. The Bertz CT molecular complexity index is 2550. The van der Waals surface area contributed by atoms with Crippen molar-refractivity contribution in [1.82, 2.24) is 0 Å². The van der Waals surface area contributed by atoms with Crippen molar-refractivity contribution in [2.24, 2.45) is 0 Å². The number of carbonyl (C=O) groups is 2. The molecular weight excluding hydrogens is 1250 g/mol. The Morgan fingerprint density at radius 2 is 0.540 bits per heavy atom. The van der Waals surface area contributed by atoms with E-state index in [2.05, 4.69) is 245 Å². The number of hydrogen-bond donors (Lipinski definition) is 0. The standard InChI is InChI=1S/C90H142NO8P/c1-6-8-10-12-14-16-18-20-22-24-26-28-30-32-34-36-38-40-42-44-45-47-48-50-52-54-56-58-60-62-64-66-68-70-72-74-76-78-80-82-89(92)96-86-88(87-98-100(94,95)97-85-84-91(3,4)5)99-90(93)83-81-79-77-75-73-71-69-67-65-63-61-59-57-55-53-51-49-46-43-41-39-37-35-33-31-29-27-25-23-21-19-17-15-13-11-9-7-2/h8-11,14-17,20-23,26-29,32-35,38-41,44-46,48-50,53,55,59,61,65,67,71,73,88H,6-7,12-13,18-19,24-25,30-31,36-37,42-43,47,51-52,54,56-58,60,62-64,66,68-70,72,74-87H2,1-5H3/b10-8-,11-9-,16-14-,17-15-,22-20-,23-21-,28-26-,29-27-,34-32-,35-33-,40-38-,41-39-,45-44-,49-46-,50-48-,55-53-,61-59-,67-65-,73-71-. The average Bonchev–Trinajstić information content (AvgIpc) is 1.02. The zero-order chi connectivity index (χ0) is 72.5. The van der Waals surface area contributed by atoms with Crippen LogP contribution < -0.4 is 4.89 Å². The summed E-state index contributed by atoms with van der Waals surface area (Å²) in [4.78, 5) is 38.2. The fraction of sp³-hybridized carbons (Fsp3) is 0.556. The molecule has 10 heteroatoms. The van der Waals surface area contributed by atoms with Crippen molar-refractivity contribution in [3.8, 4) is 0 Å². The van der Waals surface area contributed by atoms with Crippen LogP contribution in [-0.2, 0) is 32.7 Å². The Morgan fingerprint density at radius 1 is 0.310 bits per heavy atom. The Labute approximate surface area is 613 Å². The maximum atomic E-state index is 12.9. The number of carbonyl (C=O) groups excluding carboxylic acids is 2. The number of esters is 2. The first-order valence-electron chi connectivity index (χ1n) is 39.1. The molecule has 0 aliphatic heterocycles. The van der Waals surface area contributed by atoms with E-state index in [9.17, 15) is 19.0 Å². The second kappa shape index (κ2) is 77.2. The van der Waals surface area contributed by atoms with Gasteiger partial charge in [0.05, 0.1) is 27.7 Å². The van der Waals surface area contributed by atoms with Gasteiger partial charge in [-0.2, -0.15) is 0 Å². The van der Waals surface area contributed by atoms with E-state index in [4.69, 9.17) is 18.5 Å². The van der Waals surface area contributed by atoms with E-state index in [0.29, 0.717) is 23.9 Å². The van der Waals surface area contributed by atoms with Gasteiger partial charge < -0.3 is 27.9 Å². The Morgan fingerprint density at radius 3 is 0.810 bits per heavy atom. The zero-order valence-electron chi connectivity index (χ0n) is 63.8. The lowest BCUT2D eigenvalue weighted by atomic mass is 10.0. The number of phosphoric ester groups is 1. The molecule has 0 amide bonds. The molecule has 0 aromatic carbocycles. The number of likely N-dealkylation sites (N-methyl/N-ethyl adjacent to an activating group) is 1. The number of quaternary nitrogens is 1. The second-order valence-electron chi connectivity index (χ2n) is 26.3. The van der Waals surface area contributed by atoms with Crippen molar-refractivity contribution >= 4 is 19.8 Å². The van der Waals surface area contributed by atoms with Crippen LogP contribution in [0, 0.1) is 0 Å². The zero-order valence-corrected chi connectivity index (χ0v) is 64.7. The van der Waals surface area contributed by atoms with E-state index >= 15 is 0 Å². The normalized spacial score (nSPS) is 14.3. The summed E-state index contributed by atoms with van der Waals surface area (Å²) >= 11 is 0. The first kappa shape index (κ1) is 94.1. The molecule has 0 heterocycles. The topological polar surface area (TPSA) is 111 Å². The fourth-order valence-corrected chi connectivity index (χ4v) is 10.5. The Kier molecular flexibility index (Phi) is 72.7. The maximum Gasteiger partial charge on any atom is 0.306 e. The van der Waals surface area contributed by atoms with Crippen LogP contribution in [0.3, 0.4) is 0 Å². The van der Waals surface area contributed by atoms with Gasteiger partial charge in [0.25, 0.3) is 7.82 Å². The van der Waals surface area contributed by atoms with Crippen LogP contribution >= 0.6 is 7.82 Å². The van der Waals surface area contributed by atoms with Gasteiger partial charge >= 0.3 is 11.9 Å². The van der Waals surface area contributed by atoms with E-state index in [1.165, 1.54) is 70.6 Å². The molecule has 0 aromatic rings. The minimum Gasteiger partial charge on any atom is -0.756 e. The van der Waals surface area contributed by atoms with Crippen molar-refractivity contribution in [1.29, 1.82) is 0 Å². The van der Waals surface area contributed by atoms with E-state index in [1.54, 1.807) is 0 Å². The lowest BCUT2D eigenvalue weighted by molar-refractivity contribution is -0.870. The maximum absolute atomic E-state index is 12.9. The van der Waals surface area contributed by atoms with Crippen molar-refractivity contribution in [2.75, 3.05) is 47.5 Å². The summed E-state index contributed by atoms with van der Waals surface area (Å²) in [6.45, 7) is 3.95. The quantitative estimate of drug-likeness (QED) is 0.0195. The summed E-state index contributed by atoms with van der Waals surface area (Å²) in [5, 5.41) is 0. The predicted octanol–water partition coefficient (Wildman–Crippen LogP) is 25.9. The Balaban J connectivity index is 4.15. The summed E-state index contributed by atoms with van der Waals surface area (Å²) < 4.78 is 34.3. The molecule has 9 nitrogen and oxygen atoms in total. The van der Waals surface area contributed by atoms with Crippen LogP contribution in [0.5, 0.6) is 0 Å². The van der Waals surface area contributed by atoms with Gasteiger partial charge in [-0.25, -0.2) is 0 Å². The number of phosphoric acid groups is 1. The third kappa shape index (κ3) is 81.0. The lowest BCUT2D eigenvalue weighted by Gasteiger charge is -2.28. The van der Waals surface area contributed by atoms with Crippen molar-refractivity contribution in [2.45, 2.75) is 277 Å². The number of unbranched alkanes of at least 4 members (excludes halogenated alkanes) is 17. The molecule has 0 N–H and O–H groups in total. The van der Waals surface area contributed by atoms with Gasteiger partial charge in [-0.05, 0) is 161 Å². The van der Waals surface area contributed by atoms with Gasteiger partial charge in [0.2, 0.25) is 0 Å². The smallest absolute Gasteiger partial charge is 0.306 e. The SMILES string of the molecule is CC/C=C\C/C=C\C/C=C\C/C=C\C/C=C\C/C=C\C/C=C\C/C=C\C/C=C\C/C=C\C/C=C\CCCCCC(=O)OC(COC(=O)CCCCCCCCCCCCCCCC/C=C\C/C=C\C/C=C\C/C=C\C/C=C\C/C=C\C/C=C\C/C=C\CC)COP(=O)([O-])OCC[N+](C)(C)C. The number of allylic oxidation sites excluding steroid dienone is 38. The van der Waals surface area contributed by atoms with Gasteiger partial charge in [0.15, 0.2) is 6.10 Å². The van der Waals surface area contributed by atoms with Crippen LogP contribution in [0.15, 0.2) is 231 Å². The van der Waals surface area contributed by atoms with Crippen LogP contribution in [0.2, 0.25) is 0 Å². The summed E-state index contributed by atoms with van der Waals surface area (Å²) in [7, 11) is 1.12. The van der Waals surface area contributed by atoms with Crippen molar-refractivity contribution < 1.29 is 42.1 Å². The minimum absolute atomic E-state index is 0.0494. The van der Waals surface area contributed by atoms with E-state index in [-0.39, 0.29) is 26.1 Å². The summed E-state index contributed by atoms with van der Waals surface area (Å²) in [6.07, 6.45) is 124. The highest BCUT2D eigenvalue weighted by molar-refractivity contribution is 7.45. The lowest BCUT2D eigenvalue weighted by Crippen LogP contribution is -2.37. The highest BCUT2D eigenvalue weighted by atomic mass is 31.2. The molecule has 0 saturated carbocycles. The summed E-state index contributed by atoms with van der Waals surface area (Å²) in [5.74, 6) is -0.886. The van der Waals surface area contributed by atoms with Crippen LogP contribution in [0.4, 0.5) is 0 Å². The van der Waals surface area contributed by atoms with Crippen LogP contribution in [0.25, 0.3) is 0 Å². The third-order valence-corrected chi connectivity index (χ3v) is 16.6. The molecule has 0 spiro atoms. The third-order valence-electron chi connectivity index (χ3n) is 15.7. The molecule has 2 unspecified atom stereocenters. The van der Waals surface area contributed by atoms with Crippen molar-refractivity contribution in [3.63, 3.8) is 0 Å². The van der Waals surface area contributed by atoms with E-state index in [1.807, 2.05) is 21.1 Å². The molecule has 0 saturated heterocycles. The molecule has 0 aliphatic rings. The molecule has 100 heavy (non-hydrogen) atoms. The van der Waals surface area contributed by atoms with Crippen LogP contribution in [0.1, 0.15) is 271 Å². The molecule has 0 rings (SSSR count). The predicted molar refractivity (Wildman–Crippen MR) is 433 cm³/mol. The first-order chi connectivity index (χ1) is 49.0. The summed E-state index contributed by atoms with van der Waals surface area (Å²) in [6, 6.07) is 0. The molecule has 0 aliphatic carbocycles. The summed E-state index contributed by atoms with van der Waals surface area (Å²) in [5.41, 5.74) is 0. The highest BCUT2D eigenvalue weighted by Gasteiger charge is 2.22. The van der Waals surface area contributed by atoms with Gasteiger partial charge in [0, 0.05) is 12.8 Å². The minimum atomic E-state index is -4.67. The van der Waals surface area contributed by atoms with Crippen LogP contribution in [-0.4, -0.2) is 70.0 Å². The molecule has 0 fully saturated rings. The second-order valence-corrected chi connectivity index (χ2v) is 27.7. The largest absolute Gasteiger partial charge is 0.756 e. The van der Waals surface area contributed by atoms with Gasteiger partial charge in [-0.3, -0.25) is 14.2 Å². The first-order valence-corrected chi connectivity index (χ1v) is 40.6. The number of nitrogens with zero attached hydrogens (tertiary/aromatic N) is 1. The van der Waals surface area contributed by atoms with E-state index < -0.39 is 32.5 Å². The molecule has 2 atom stereocenters. The Hall–Kier alpha value is -5.93. The fourth-order valence-electron chi connectivity index (χ4n) is 9.79. The molecule has 0 radical (unpaired) electrons. The highest BCUT2D eigenvalue weighted by Crippen LogP contribution is 2.38. The molecule has 0 bridgehead atoms. The van der Waals surface area contributed by atoms with Gasteiger partial charge in [-0.15, -0.1) is 0 Å². The van der Waals surface area contributed by atoms with Crippen molar-refractivity contribution in [3.05, 3.63) is 231 Å². The monoisotopic (exact) mass is 1400 g/mol. The molecule has 0 aromatic heterocycles. The van der Waals surface area contributed by atoms with E-state index in [0.717, 1.165) is 161 Å². The number of ether oxygens (including phenoxy) is 2. The number of rotatable bonds is 69. The average molecular weight is 1400 g/mol. The molecular formula is C90H142NO8P. The van der Waals surface area contributed by atoms with Gasteiger partial charge in [0.1, 0.15) is 19.8 Å². The van der Waals surface area contributed by atoms with Gasteiger partial charge in [-0.1, -0.05) is 328 Å².